The van der Waals surface area contributed by atoms with Crippen molar-refractivity contribution in [2.75, 3.05) is 38.3 Å². The molecule has 1 amide bonds. The summed E-state index contributed by atoms with van der Waals surface area (Å²) >= 11 is 7.44. The average molecular weight is 438 g/mol. The molecule has 0 aliphatic rings. The van der Waals surface area contributed by atoms with Crippen LogP contribution in [-0.2, 0) is 9.84 Å². The van der Waals surface area contributed by atoms with Crippen molar-refractivity contribution in [1.29, 1.82) is 0 Å². The minimum atomic E-state index is -3.41. The number of thiazole rings is 1. The standard InChI is InChI=1S/C19H20ClN3O3S2/c1-22(2)9-10-23(19-21-16-8-7-14(20)12-17(16)27-19)18(24)13-5-4-6-15(11-13)28(3,25)26/h4-8,11-12H,9-10H2,1-3H3. The molecule has 0 spiro atoms. The monoisotopic (exact) mass is 437 g/mol. The van der Waals surface area contributed by atoms with Crippen LogP contribution in [0.4, 0.5) is 5.13 Å². The molecule has 0 N–H and O–H groups in total. The SMILES string of the molecule is CN(C)CCN(C(=O)c1cccc(S(C)(=O)=O)c1)c1nc2ccc(Cl)cc2s1. The molecule has 9 heteroatoms. The van der Waals surface area contributed by atoms with Crippen LogP contribution in [0.3, 0.4) is 0 Å². The molecule has 148 valence electrons. The number of rotatable bonds is 6. The predicted molar refractivity (Wildman–Crippen MR) is 114 cm³/mol. The van der Waals surface area contributed by atoms with Crippen molar-refractivity contribution in [2.45, 2.75) is 4.90 Å². The average Bonchev–Trinajstić information content (AvgIpc) is 3.03. The predicted octanol–water partition coefficient (Wildman–Crippen LogP) is 3.56. The Morgan fingerprint density at radius 3 is 2.57 bits per heavy atom. The van der Waals surface area contributed by atoms with Gasteiger partial charge in [-0.1, -0.05) is 29.0 Å². The number of amides is 1. The highest BCUT2D eigenvalue weighted by Gasteiger charge is 2.22. The Balaban J connectivity index is 2.02. The first-order chi connectivity index (χ1) is 13.1. The lowest BCUT2D eigenvalue weighted by Crippen LogP contribution is -2.36. The third-order valence-corrected chi connectivity index (χ3v) is 6.48. The fourth-order valence-corrected chi connectivity index (χ4v) is 4.53. The molecular weight excluding hydrogens is 418 g/mol. The number of hydrogen-bond donors (Lipinski definition) is 0. The molecule has 28 heavy (non-hydrogen) atoms. The zero-order chi connectivity index (χ0) is 20.5. The van der Waals surface area contributed by atoms with Crippen LogP contribution in [0, 0.1) is 0 Å². The Bertz CT molecular complexity index is 1130. The van der Waals surface area contributed by atoms with E-state index in [0.717, 1.165) is 16.5 Å². The van der Waals surface area contributed by atoms with Crippen LogP contribution in [0.1, 0.15) is 10.4 Å². The first kappa shape index (κ1) is 20.7. The summed E-state index contributed by atoms with van der Waals surface area (Å²) in [6.45, 7) is 1.05. The van der Waals surface area contributed by atoms with Crippen molar-refractivity contribution in [3.05, 3.63) is 53.1 Å². The number of likely N-dealkylation sites (N-methyl/N-ethyl adjacent to an activating group) is 1. The molecule has 2 aromatic carbocycles. The summed E-state index contributed by atoms with van der Waals surface area (Å²) in [5.41, 5.74) is 1.07. The number of carbonyl (C=O) groups is 1. The lowest BCUT2D eigenvalue weighted by atomic mass is 10.2. The van der Waals surface area contributed by atoms with Crippen LogP contribution in [0.2, 0.25) is 5.02 Å². The maximum Gasteiger partial charge on any atom is 0.260 e. The second kappa shape index (κ2) is 8.16. The molecule has 0 fully saturated rings. The van der Waals surface area contributed by atoms with Gasteiger partial charge in [0.2, 0.25) is 0 Å². The molecule has 0 unspecified atom stereocenters. The topological polar surface area (TPSA) is 70.6 Å². The molecule has 1 heterocycles. The quantitative estimate of drug-likeness (QED) is 0.589. The minimum Gasteiger partial charge on any atom is -0.308 e. The van der Waals surface area contributed by atoms with E-state index in [1.807, 2.05) is 31.1 Å². The number of fused-ring (bicyclic) bond motifs is 1. The van der Waals surface area contributed by atoms with Gasteiger partial charge in [-0.15, -0.1) is 0 Å². The van der Waals surface area contributed by atoms with Gasteiger partial charge in [-0.3, -0.25) is 9.69 Å². The van der Waals surface area contributed by atoms with Crippen LogP contribution in [0.5, 0.6) is 0 Å². The van der Waals surface area contributed by atoms with E-state index >= 15 is 0 Å². The van der Waals surface area contributed by atoms with Crippen LogP contribution in [0.15, 0.2) is 47.4 Å². The van der Waals surface area contributed by atoms with Gasteiger partial charge in [-0.25, -0.2) is 13.4 Å². The number of nitrogens with zero attached hydrogens (tertiary/aromatic N) is 3. The van der Waals surface area contributed by atoms with Crippen LogP contribution in [0.25, 0.3) is 10.2 Å². The maximum absolute atomic E-state index is 13.2. The van der Waals surface area contributed by atoms with Gasteiger partial charge in [0, 0.05) is 29.9 Å². The third kappa shape index (κ3) is 4.70. The molecule has 0 radical (unpaired) electrons. The Labute approximate surface area is 173 Å². The number of halogens is 1. The fourth-order valence-electron chi connectivity index (χ4n) is 2.60. The van der Waals surface area contributed by atoms with Gasteiger partial charge < -0.3 is 4.90 Å². The van der Waals surface area contributed by atoms with Gasteiger partial charge in [-0.05, 0) is 50.5 Å². The molecule has 3 aromatic rings. The van der Waals surface area contributed by atoms with Crippen LogP contribution < -0.4 is 4.90 Å². The van der Waals surface area contributed by atoms with E-state index in [1.165, 1.54) is 23.5 Å². The molecule has 1 aromatic heterocycles. The van der Waals surface area contributed by atoms with Crippen molar-refractivity contribution >= 4 is 54.0 Å². The molecule has 6 nitrogen and oxygen atoms in total. The number of benzene rings is 2. The summed E-state index contributed by atoms with van der Waals surface area (Å²) in [5, 5.41) is 1.16. The Hall–Kier alpha value is -2.00. The summed E-state index contributed by atoms with van der Waals surface area (Å²) in [4.78, 5) is 21.5. The summed E-state index contributed by atoms with van der Waals surface area (Å²) in [5.74, 6) is -0.294. The highest BCUT2D eigenvalue weighted by atomic mass is 35.5. The molecule has 0 saturated heterocycles. The van der Waals surface area contributed by atoms with Crippen LogP contribution >= 0.6 is 22.9 Å². The van der Waals surface area contributed by atoms with E-state index in [0.29, 0.717) is 28.8 Å². The minimum absolute atomic E-state index is 0.113. The van der Waals surface area contributed by atoms with E-state index in [-0.39, 0.29) is 10.8 Å². The van der Waals surface area contributed by atoms with Crippen molar-refractivity contribution in [3.8, 4) is 0 Å². The molecule has 3 rings (SSSR count). The maximum atomic E-state index is 13.2. The first-order valence-electron chi connectivity index (χ1n) is 8.48. The zero-order valence-corrected chi connectivity index (χ0v) is 18.1. The number of hydrogen-bond acceptors (Lipinski definition) is 6. The van der Waals surface area contributed by atoms with Gasteiger partial charge in [0.25, 0.3) is 5.91 Å². The Kier molecular flexibility index (Phi) is 6.04. The van der Waals surface area contributed by atoms with E-state index in [9.17, 15) is 13.2 Å². The smallest absolute Gasteiger partial charge is 0.260 e. The van der Waals surface area contributed by atoms with Gasteiger partial charge in [0.05, 0.1) is 15.1 Å². The third-order valence-electron chi connectivity index (χ3n) is 4.10. The highest BCUT2D eigenvalue weighted by Crippen LogP contribution is 2.31. The normalized spacial score (nSPS) is 11.9. The number of anilines is 1. The lowest BCUT2D eigenvalue weighted by Gasteiger charge is -2.22. The van der Waals surface area contributed by atoms with Crippen molar-refractivity contribution in [1.82, 2.24) is 9.88 Å². The Morgan fingerprint density at radius 1 is 1.14 bits per heavy atom. The molecule has 0 saturated carbocycles. The van der Waals surface area contributed by atoms with Crippen molar-refractivity contribution in [3.63, 3.8) is 0 Å². The highest BCUT2D eigenvalue weighted by molar-refractivity contribution is 7.90. The van der Waals surface area contributed by atoms with Gasteiger partial charge in [-0.2, -0.15) is 0 Å². The van der Waals surface area contributed by atoms with Gasteiger partial charge in [0.1, 0.15) is 0 Å². The second-order valence-electron chi connectivity index (χ2n) is 6.67. The summed E-state index contributed by atoms with van der Waals surface area (Å²) in [6.07, 6.45) is 1.12. The second-order valence-corrected chi connectivity index (χ2v) is 10.1. The molecule has 0 atom stereocenters. The zero-order valence-electron chi connectivity index (χ0n) is 15.7. The summed E-state index contributed by atoms with van der Waals surface area (Å²) < 4.78 is 24.6. The number of carbonyl (C=O) groups excluding carboxylic acids is 1. The molecule has 0 aliphatic heterocycles. The number of sulfone groups is 1. The van der Waals surface area contributed by atoms with E-state index < -0.39 is 9.84 Å². The van der Waals surface area contributed by atoms with E-state index in [4.69, 9.17) is 11.6 Å². The first-order valence-corrected chi connectivity index (χ1v) is 11.6. The lowest BCUT2D eigenvalue weighted by molar-refractivity contribution is 0.0985. The van der Waals surface area contributed by atoms with E-state index in [2.05, 4.69) is 4.98 Å². The summed E-state index contributed by atoms with van der Waals surface area (Å²) in [7, 11) is 0.437. The summed E-state index contributed by atoms with van der Waals surface area (Å²) in [6, 6.07) is 11.5. The molecule has 0 bridgehead atoms. The fraction of sp³-hybridized carbons (Fsp3) is 0.263. The van der Waals surface area contributed by atoms with E-state index in [1.54, 1.807) is 23.1 Å². The molecule has 0 aliphatic carbocycles. The largest absolute Gasteiger partial charge is 0.308 e. The number of aromatic nitrogens is 1. The molecular formula is C19H20ClN3O3S2. The van der Waals surface area contributed by atoms with Gasteiger partial charge in [0.15, 0.2) is 15.0 Å². The van der Waals surface area contributed by atoms with Crippen molar-refractivity contribution < 1.29 is 13.2 Å². The van der Waals surface area contributed by atoms with Gasteiger partial charge >= 0.3 is 0 Å². The van der Waals surface area contributed by atoms with Crippen molar-refractivity contribution in [2.24, 2.45) is 0 Å². The Morgan fingerprint density at radius 2 is 1.89 bits per heavy atom. The van der Waals surface area contributed by atoms with Crippen LogP contribution in [-0.4, -0.2) is 57.6 Å².